The fraction of sp³-hybridized carbons (Fsp3) is 0.588. The molecule has 0 spiro atoms. The first-order chi connectivity index (χ1) is 12.0. The average Bonchev–Trinajstić information content (AvgIpc) is 2.61. The molecule has 1 aromatic rings. The van der Waals surface area contributed by atoms with Gasteiger partial charge in [-0.25, -0.2) is 0 Å². The molecule has 1 heterocycles. The minimum Gasteiger partial charge on any atom is -0.385 e. The maximum atomic E-state index is 12.9. The maximum Gasteiger partial charge on any atom is 0.416 e. The molecule has 26 heavy (non-hydrogen) atoms. The van der Waals surface area contributed by atoms with Crippen molar-refractivity contribution in [1.82, 2.24) is 10.2 Å². The van der Waals surface area contributed by atoms with E-state index in [4.69, 9.17) is 9.47 Å². The zero-order chi connectivity index (χ0) is 18.3. The molecular formula is C17H25F3IN3O2. The molecule has 1 aliphatic rings. The number of methoxy groups -OCH3 is 1. The van der Waals surface area contributed by atoms with E-state index in [2.05, 4.69) is 10.3 Å². The standard InChI is InChI=1S/C17H24F3N3O2.HI/c1-21-16(22-7-4-9-24-2)23-8-10-25-15(12-23)13-5-3-6-14(11-13)17(18,19)20;/h3,5-6,11,15H,4,7-10,12H2,1-2H3,(H,21,22);1H. The van der Waals surface area contributed by atoms with Crippen LogP contribution in [0.25, 0.3) is 0 Å². The van der Waals surface area contributed by atoms with Crippen LogP contribution in [0.4, 0.5) is 13.2 Å². The smallest absolute Gasteiger partial charge is 0.385 e. The zero-order valence-electron chi connectivity index (χ0n) is 14.9. The van der Waals surface area contributed by atoms with Crippen molar-refractivity contribution in [3.05, 3.63) is 35.4 Å². The van der Waals surface area contributed by atoms with Crippen molar-refractivity contribution in [3.63, 3.8) is 0 Å². The molecule has 148 valence electrons. The van der Waals surface area contributed by atoms with Crippen molar-refractivity contribution in [2.24, 2.45) is 4.99 Å². The van der Waals surface area contributed by atoms with Crippen molar-refractivity contribution in [3.8, 4) is 0 Å². The fourth-order valence-electron chi connectivity index (χ4n) is 2.71. The summed E-state index contributed by atoms with van der Waals surface area (Å²) in [5.74, 6) is 0.719. The van der Waals surface area contributed by atoms with Crippen LogP contribution < -0.4 is 5.32 Å². The van der Waals surface area contributed by atoms with E-state index in [1.807, 2.05) is 4.90 Å². The summed E-state index contributed by atoms with van der Waals surface area (Å²) in [6.07, 6.45) is -3.94. The molecule has 5 nitrogen and oxygen atoms in total. The van der Waals surface area contributed by atoms with Gasteiger partial charge in [0, 0.05) is 33.9 Å². The molecular weight excluding hydrogens is 462 g/mol. The summed E-state index contributed by atoms with van der Waals surface area (Å²) >= 11 is 0. The highest BCUT2D eigenvalue weighted by molar-refractivity contribution is 14.0. The molecule has 1 aromatic carbocycles. The molecule has 1 saturated heterocycles. The van der Waals surface area contributed by atoms with Crippen LogP contribution in [0.5, 0.6) is 0 Å². The number of morpholine rings is 1. The Morgan fingerprint density at radius 2 is 2.19 bits per heavy atom. The van der Waals surface area contributed by atoms with Gasteiger partial charge in [-0.15, -0.1) is 24.0 Å². The lowest BCUT2D eigenvalue weighted by molar-refractivity contribution is -0.137. The van der Waals surface area contributed by atoms with Gasteiger partial charge in [0.2, 0.25) is 0 Å². The summed E-state index contributed by atoms with van der Waals surface area (Å²) in [6.45, 7) is 2.89. The summed E-state index contributed by atoms with van der Waals surface area (Å²) < 4.78 is 49.4. The van der Waals surface area contributed by atoms with Crippen molar-refractivity contribution in [1.29, 1.82) is 0 Å². The Balaban J connectivity index is 0.00000338. The molecule has 0 aromatic heterocycles. The predicted molar refractivity (Wildman–Crippen MR) is 105 cm³/mol. The Kier molecular flexibility index (Phi) is 9.66. The van der Waals surface area contributed by atoms with Gasteiger partial charge in [-0.1, -0.05) is 12.1 Å². The quantitative estimate of drug-likeness (QED) is 0.300. The van der Waals surface area contributed by atoms with Gasteiger partial charge in [0.05, 0.1) is 18.7 Å². The average molecular weight is 487 g/mol. The third-order valence-electron chi connectivity index (χ3n) is 3.97. The largest absolute Gasteiger partial charge is 0.416 e. The van der Waals surface area contributed by atoms with E-state index in [1.165, 1.54) is 6.07 Å². The number of hydrogen-bond donors (Lipinski definition) is 1. The molecule has 1 N–H and O–H groups in total. The van der Waals surface area contributed by atoms with E-state index in [-0.39, 0.29) is 24.0 Å². The lowest BCUT2D eigenvalue weighted by Gasteiger charge is -2.35. The molecule has 2 rings (SSSR count). The third-order valence-corrected chi connectivity index (χ3v) is 3.97. The second kappa shape index (κ2) is 10.9. The van der Waals surface area contributed by atoms with Gasteiger partial charge in [-0.05, 0) is 24.1 Å². The van der Waals surface area contributed by atoms with Gasteiger partial charge in [-0.3, -0.25) is 4.99 Å². The second-order valence-corrected chi connectivity index (χ2v) is 5.75. The topological polar surface area (TPSA) is 46.1 Å². The number of halogens is 4. The number of alkyl halides is 3. The number of nitrogens with one attached hydrogen (secondary N) is 1. The Labute approximate surface area is 169 Å². The van der Waals surface area contributed by atoms with Gasteiger partial charge >= 0.3 is 6.18 Å². The van der Waals surface area contributed by atoms with E-state index in [1.54, 1.807) is 20.2 Å². The molecule has 1 atom stereocenters. The molecule has 1 fully saturated rings. The number of benzene rings is 1. The molecule has 9 heteroatoms. The zero-order valence-corrected chi connectivity index (χ0v) is 17.2. The van der Waals surface area contributed by atoms with Crippen molar-refractivity contribution >= 4 is 29.9 Å². The van der Waals surface area contributed by atoms with Crippen LogP contribution in [0, 0.1) is 0 Å². The fourth-order valence-corrected chi connectivity index (χ4v) is 2.71. The van der Waals surface area contributed by atoms with Crippen molar-refractivity contribution in [2.45, 2.75) is 18.7 Å². The van der Waals surface area contributed by atoms with Crippen molar-refractivity contribution < 1.29 is 22.6 Å². The molecule has 0 bridgehead atoms. The summed E-state index contributed by atoms with van der Waals surface area (Å²) in [5.41, 5.74) is -0.137. The number of nitrogens with zero attached hydrogens (tertiary/aromatic N) is 2. The number of guanidine groups is 1. The molecule has 0 aliphatic carbocycles. The summed E-state index contributed by atoms with van der Waals surface area (Å²) in [7, 11) is 3.34. The second-order valence-electron chi connectivity index (χ2n) is 5.75. The number of aliphatic imine (C=N–C) groups is 1. The Morgan fingerprint density at radius 1 is 1.42 bits per heavy atom. The molecule has 0 amide bonds. The lowest BCUT2D eigenvalue weighted by Crippen LogP contribution is -2.48. The SMILES string of the molecule is CN=C(NCCCOC)N1CCOC(c2cccc(C(F)(F)F)c2)C1.I. The Hall–Kier alpha value is -1.07. The van der Waals surface area contributed by atoms with E-state index < -0.39 is 17.8 Å². The monoisotopic (exact) mass is 487 g/mol. The van der Waals surface area contributed by atoms with Crippen LogP contribution in [0.15, 0.2) is 29.3 Å². The molecule has 1 aliphatic heterocycles. The summed E-state index contributed by atoms with van der Waals surface area (Å²) in [6, 6.07) is 5.31. The molecule has 0 radical (unpaired) electrons. The number of hydrogen-bond acceptors (Lipinski definition) is 3. The normalized spacial score (nSPS) is 18.4. The first-order valence-corrected chi connectivity index (χ1v) is 8.19. The van der Waals surface area contributed by atoms with E-state index >= 15 is 0 Å². The maximum absolute atomic E-state index is 12.9. The lowest BCUT2D eigenvalue weighted by atomic mass is 10.0. The highest BCUT2D eigenvalue weighted by atomic mass is 127. The van der Waals surface area contributed by atoms with Crippen LogP contribution in [0.1, 0.15) is 23.7 Å². The third kappa shape index (κ3) is 6.58. The minimum atomic E-state index is -4.36. The molecule has 1 unspecified atom stereocenters. The van der Waals surface area contributed by atoms with Gasteiger partial charge in [0.1, 0.15) is 6.10 Å². The summed E-state index contributed by atoms with van der Waals surface area (Å²) in [4.78, 5) is 6.25. The van der Waals surface area contributed by atoms with Crippen molar-refractivity contribution in [2.75, 3.05) is 47.0 Å². The van der Waals surface area contributed by atoms with Crippen LogP contribution in [-0.2, 0) is 15.7 Å². The molecule has 0 saturated carbocycles. The van der Waals surface area contributed by atoms with Gasteiger partial charge < -0.3 is 19.7 Å². The van der Waals surface area contributed by atoms with E-state index in [0.29, 0.717) is 38.4 Å². The first-order valence-electron chi connectivity index (χ1n) is 8.19. The van der Waals surface area contributed by atoms with Crippen LogP contribution in [-0.4, -0.2) is 57.9 Å². The van der Waals surface area contributed by atoms with Gasteiger partial charge in [0.25, 0.3) is 0 Å². The van der Waals surface area contributed by atoms with Crippen LogP contribution in [0.3, 0.4) is 0 Å². The highest BCUT2D eigenvalue weighted by Gasteiger charge is 2.32. The highest BCUT2D eigenvalue weighted by Crippen LogP contribution is 2.32. The Morgan fingerprint density at radius 3 is 2.85 bits per heavy atom. The van der Waals surface area contributed by atoms with E-state index in [0.717, 1.165) is 24.5 Å². The number of rotatable bonds is 5. The first kappa shape index (κ1) is 23.0. The Bertz CT molecular complexity index is 585. The van der Waals surface area contributed by atoms with Crippen LogP contribution in [0.2, 0.25) is 0 Å². The van der Waals surface area contributed by atoms with Crippen LogP contribution >= 0.6 is 24.0 Å². The summed E-state index contributed by atoms with van der Waals surface area (Å²) in [5, 5.41) is 3.24. The number of ether oxygens (including phenoxy) is 2. The van der Waals surface area contributed by atoms with Gasteiger partial charge in [0.15, 0.2) is 5.96 Å². The predicted octanol–water partition coefficient (Wildman–Crippen LogP) is 3.31. The minimum absolute atomic E-state index is 0. The van der Waals surface area contributed by atoms with Gasteiger partial charge in [-0.2, -0.15) is 13.2 Å². The van der Waals surface area contributed by atoms with E-state index in [9.17, 15) is 13.2 Å².